The summed E-state index contributed by atoms with van der Waals surface area (Å²) in [6, 6.07) is 5.73. The molecule has 1 rings (SSSR count). The molecule has 0 bridgehead atoms. The highest BCUT2D eigenvalue weighted by atomic mass is 79.9. The SMILES string of the molecule is CC(C)(C)CC(O)CNCc1ccc(Cl)cc1Br. The molecule has 4 heteroatoms. The number of hydrogen-bond acceptors (Lipinski definition) is 2. The first-order valence-electron chi connectivity index (χ1n) is 6.10. The van der Waals surface area contributed by atoms with E-state index in [9.17, 15) is 5.11 Å². The number of halogens is 2. The van der Waals surface area contributed by atoms with Crippen LogP contribution in [0.3, 0.4) is 0 Å². The van der Waals surface area contributed by atoms with Gasteiger partial charge in [0.1, 0.15) is 0 Å². The van der Waals surface area contributed by atoms with E-state index in [4.69, 9.17) is 11.6 Å². The molecule has 0 saturated carbocycles. The van der Waals surface area contributed by atoms with E-state index in [0.717, 1.165) is 28.0 Å². The van der Waals surface area contributed by atoms with Crippen LogP contribution in [-0.2, 0) is 6.54 Å². The summed E-state index contributed by atoms with van der Waals surface area (Å²) in [7, 11) is 0. The summed E-state index contributed by atoms with van der Waals surface area (Å²) in [6.07, 6.45) is 0.484. The van der Waals surface area contributed by atoms with Gasteiger partial charge in [-0.15, -0.1) is 0 Å². The van der Waals surface area contributed by atoms with E-state index < -0.39 is 0 Å². The van der Waals surface area contributed by atoms with Crippen molar-refractivity contribution in [3.05, 3.63) is 33.3 Å². The van der Waals surface area contributed by atoms with E-state index in [1.165, 1.54) is 0 Å². The molecule has 0 amide bonds. The van der Waals surface area contributed by atoms with Gasteiger partial charge < -0.3 is 10.4 Å². The molecule has 1 unspecified atom stereocenters. The van der Waals surface area contributed by atoms with Gasteiger partial charge in [-0.3, -0.25) is 0 Å². The quantitative estimate of drug-likeness (QED) is 0.853. The molecule has 0 spiro atoms. The van der Waals surface area contributed by atoms with Crippen LogP contribution < -0.4 is 5.32 Å². The van der Waals surface area contributed by atoms with Crippen molar-refractivity contribution in [3.63, 3.8) is 0 Å². The van der Waals surface area contributed by atoms with E-state index in [1.54, 1.807) is 0 Å². The molecule has 0 aromatic heterocycles. The summed E-state index contributed by atoms with van der Waals surface area (Å²) in [5.41, 5.74) is 1.30. The zero-order chi connectivity index (χ0) is 13.8. The van der Waals surface area contributed by atoms with Crippen LogP contribution in [0.25, 0.3) is 0 Å². The summed E-state index contributed by atoms with van der Waals surface area (Å²) in [6.45, 7) is 7.72. The average molecular weight is 335 g/mol. The number of rotatable bonds is 5. The van der Waals surface area contributed by atoms with Gasteiger partial charge >= 0.3 is 0 Å². The van der Waals surface area contributed by atoms with Crippen molar-refractivity contribution in [1.29, 1.82) is 0 Å². The van der Waals surface area contributed by atoms with E-state index in [-0.39, 0.29) is 11.5 Å². The highest BCUT2D eigenvalue weighted by molar-refractivity contribution is 9.10. The van der Waals surface area contributed by atoms with Gasteiger partial charge in [0.05, 0.1) is 6.10 Å². The minimum Gasteiger partial charge on any atom is -0.392 e. The van der Waals surface area contributed by atoms with E-state index in [2.05, 4.69) is 42.0 Å². The Morgan fingerprint density at radius 3 is 2.61 bits per heavy atom. The van der Waals surface area contributed by atoms with Gasteiger partial charge in [-0.25, -0.2) is 0 Å². The first-order chi connectivity index (χ1) is 8.28. The second-order valence-corrected chi connectivity index (χ2v) is 7.08. The van der Waals surface area contributed by atoms with Crippen molar-refractivity contribution < 1.29 is 5.11 Å². The monoisotopic (exact) mass is 333 g/mol. The number of aliphatic hydroxyl groups excluding tert-OH is 1. The normalized spacial score (nSPS) is 13.7. The van der Waals surface area contributed by atoms with Crippen LogP contribution >= 0.6 is 27.5 Å². The molecule has 2 nitrogen and oxygen atoms in total. The third-order valence-corrected chi connectivity index (χ3v) is 3.53. The van der Waals surface area contributed by atoms with E-state index in [0.29, 0.717) is 6.54 Å². The van der Waals surface area contributed by atoms with Gasteiger partial charge in [0.2, 0.25) is 0 Å². The Bertz CT molecular complexity index is 390. The zero-order valence-electron chi connectivity index (χ0n) is 11.1. The van der Waals surface area contributed by atoms with Crippen molar-refractivity contribution in [3.8, 4) is 0 Å². The molecule has 0 aliphatic heterocycles. The Morgan fingerprint density at radius 1 is 1.39 bits per heavy atom. The van der Waals surface area contributed by atoms with E-state index >= 15 is 0 Å². The Kier molecular flexibility index (Phi) is 6.12. The summed E-state index contributed by atoms with van der Waals surface area (Å²) in [4.78, 5) is 0. The van der Waals surface area contributed by atoms with Crippen LogP contribution in [0.2, 0.25) is 5.02 Å². The maximum Gasteiger partial charge on any atom is 0.0669 e. The molecule has 0 heterocycles. The summed E-state index contributed by atoms with van der Waals surface area (Å²) in [5.74, 6) is 0. The van der Waals surface area contributed by atoms with Crippen LogP contribution in [-0.4, -0.2) is 17.8 Å². The zero-order valence-corrected chi connectivity index (χ0v) is 13.5. The second kappa shape index (κ2) is 6.90. The predicted molar refractivity (Wildman–Crippen MR) is 80.9 cm³/mol. The maximum absolute atomic E-state index is 9.88. The third kappa shape index (κ3) is 6.19. The van der Waals surface area contributed by atoms with Gasteiger partial charge in [0.15, 0.2) is 0 Å². The predicted octanol–water partition coefficient (Wildman–Crippen LogP) is 3.99. The topological polar surface area (TPSA) is 32.3 Å². The fraction of sp³-hybridized carbons (Fsp3) is 0.571. The lowest BCUT2D eigenvalue weighted by molar-refractivity contribution is 0.119. The molecule has 0 aliphatic carbocycles. The van der Waals surface area contributed by atoms with Crippen LogP contribution in [0.4, 0.5) is 0 Å². The second-order valence-electron chi connectivity index (χ2n) is 5.79. The van der Waals surface area contributed by atoms with Gasteiger partial charge in [0, 0.05) is 22.6 Å². The fourth-order valence-electron chi connectivity index (χ4n) is 1.82. The number of benzene rings is 1. The van der Waals surface area contributed by atoms with Crippen LogP contribution in [0.5, 0.6) is 0 Å². The Labute approximate surface area is 123 Å². The molecule has 0 radical (unpaired) electrons. The number of nitrogens with one attached hydrogen (secondary N) is 1. The largest absolute Gasteiger partial charge is 0.392 e. The lowest BCUT2D eigenvalue weighted by Crippen LogP contribution is -2.29. The van der Waals surface area contributed by atoms with Crippen LogP contribution in [0.15, 0.2) is 22.7 Å². The van der Waals surface area contributed by atoms with Gasteiger partial charge in [-0.2, -0.15) is 0 Å². The molecule has 102 valence electrons. The molecular formula is C14H21BrClNO. The lowest BCUT2D eigenvalue weighted by Gasteiger charge is -2.22. The minimum absolute atomic E-state index is 0.155. The van der Waals surface area contributed by atoms with Crippen molar-refractivity contribution in [2.45, 2.75) is 39.8 Å². The average Bonchev–Trinajstić information content (AvgIpc) is 2.18. The standard InChI is InChI=1S/C14H21BrClNO/c1-14(2,3)7-12(18)9-17-8-10-4-5-11(16)6-13(10)15/h4-6,12,17-18H,7-9H2,1-3H3. The number of aliphatic hydroxyl groups is 1. The number of hydrogen-bond donors (Lipinski definition) is 2. The molecule has 1 aromatic carbocycles. The third-order valence-electron chi connectivity index (χ3n) is 2.56. The van der Waals surface area contributed by atoms with Crippen LogP contribution in [0.1, 0.15) is 32.8 Å². The van der Waals surface area contributed by atoms with Gasteiger partial charge in [0.25, 0.3) is 0 Å². The molecule has 2 N–H and O–H groups in total. The first kappa shape index (κ1) is 16.0. The molecule has 0 fully saturated rings. The van der Waals surface area contributed by atoms with Crippen molar-refractivity contribution >= 4 is 27.5 Å². The molecule has 0 saturated heterocycles. The Morgan fingerprint density at radius 2 is 2.06 bits per heavy atom. The van der Waals surface area contributed by atoms with Crippen molar-refractivity contribution in [2.75, 3.05) is 6.54 Å². The fourth-order valence-corrected chi connectivity index (χ4v) is 2.64. The molecular weight excluding hydrogens is 314 g/mol. The van der Waals surface area contributed by atoms with Gasteiger partial charge in [-0.1, -0.05) is 54.4 Å². The molecule has 1 aromatic rings. The molecule has 18 heavy (non-hydrogen) atoms. The van der Waals surface area contributed by atoms with Crippen LogP contribution in [0, 0.1) is 5.41 Å². The van der Waals surface area contributed by atoms with Gasteiger partial charge in [-0.05, 0) is 29.5 Å². The van der Waals surface area contributed by atoms with E-state index in [1.807, 2.05) is 18.2 Å². The summed E-state index contributed by atoms with van der Waals surface area (Å²) >= 11 is 9.36. The Balaban J connectivity index is 2.37. The highest BCUT2D eigenvalue weighted by Gasteiger charge is 2.16. The smallest absolute Gasteiger partial charge is 0.0669 e. The lowest BCUT2D eigenvalue weighted by atomic mass is 9.89. The Hall–Kier alpha value is -0.0900. The molecule has 0 aliphatic rings. The molecule has 1 atom stereocenters. The summed E-state index contributed by atoms with van der Waals surface area (Å²) in [5, 5.41) is 13.9. The highest BCUT2D eigenvalue weighted by Crippen LogP contribution is 2.22. The maximum atomic E-state index is 9.88. The summed E-state index contributed by atoms with van der Waals surface area (Å²) < 4.78 is 0.993. The van der Waals surface area contributed by atoms with Crippen molar-refractivity contribution in [2.24, 2.45) is 5.41 Å². The first-order valence-corrected chi connectivity index (χ1v) is 7.28. The van der Waals surface area contributed by atoms with Crippen molar-refractivity contribution in [1.82, 2.24) is 5.32 Å². The minimum atomic E-state index is -0.309.